The van der Waals surface area contributed by atoms with Crippen molar-refractivity contribution < 1.29 is 32.5 Å². The van der Waals surface area contributed by atoms with Crippen molar-refractivity contribution in [3.05, 3.63) is 84.3 Å². The van der Waals surface area contributed by atoms with Crippen molar-refractivity contribution in [3.8, 4) is 23.0 Å². The summed E-state index contributed by atoms with van der Waals surface area (Å²) in [7, 11) is 1.35. The summed E-state index contributed by atoms with van der Waals surface area (Å²) in [5.41, 5.74) is 0.976. The van der Waals surface area contributed by atoms with Crippen LogP contribution >= 0.6 is 0 Å². The third kappa shape index (κ3) is 7.44. The highest BCUT2D eigenvalue weighted by atomic mass is 19.1. The summed E-state index contributed by atoms with van der Waals surface area (Å²) in [6, 6.07) is 13.1. The number of morpholine rings is 1. The fourth-order valence-corrected chi connectivity index (χ4v) is 5.16. The number of para-hydroxylation sites is 1. The highest BCUT2D eigenvalue weighted by Crippen LogP contribution is 2.32. The second-order valence-corrected chi connectivity index (χ2v) is 12.1. The maximum Gasteiger partial charge on any atom is 0.410 e. The molecular formula is C34H35F2N7O5. The third-order valence-electron chi connectivity index (χ3n) is 7.44. The molecule has 0 aliphatic carbocycles. The second kappa shape index (κ2) is 13.8. The molecule has 1 atom stereocenters. The highest BCUT2D eigenvalue weighted by molar-refractivity contribution is 5.92. The molecule has 1 aliphatic heterocycles. The van der Waals surface area contributed by atoms with E-state index in [9.17, 15) is 13.6 Å². The number of carbonyl (C=O) groups excluding carboxylic acids is 1. The minimum atomic E-state index is -0.745. The van der Waals surface area contributed by atoms with Gasteiger partial charge in [0.2, 0.25) is 0 Å². The van der Waals surface area contributed by atoms with Crippen molar-refractivity contribution in [2.24, 2.45) is 0 Å². The van der Waals surface area contributed by atoms with Crippen LogP contribution in [-0.2, 0) is 16.0 Å². The Bertz CT molecular complexity index is 1890. The lowest BCUT2D eigenvalue weighted by atomic mass is 10.1. The number of fused-ring (bicyclic) bond motifs is 1. The van der Waals surface area contributed by atoms with Crippen LogP contribution in [0.15, 0.2) is 67.1 Å². The number of aromatic nitrogens is 5. The lowest BCUT2D eigenvalue weighted by Gasteiger charge is -2.34. The number of benzene rings is 2. The number of nitrogens with one attached hydrogen (secondary N) is 1. The normalized spacial score (nSPS) is 15.0. The van der Waals surface area contributed by atoms with Crippen LogP contribution in [0.1, 0.15) is 26.3 Å². The smallest absolute Gasteiger partial charge is 0.410 e. The Morgan fingerprint density at radius 1 is 1.10 bits per heavy atom. The predicted octanol–water partition coefficient (Wildman–Crippen LogP) is 5.98. The monoisotopic (exact) mass is 659 g/mol. The van der Waals surface area contributed by atoms with Crippen molar-refractivity contribution in [2.45, 2.75) is 39.0 Å². The summed E-state index contributed by atoms with van der Waals surface area (Å²) < 4.78 is 53.9. The third-order valence-corrected chi connectivity index (χ3v) is 7.44. The molecule has 48 heavy (non-hydrogen) atoms. The number of carbonyl (C=O) groups is 1. The molecule has 4 heterocycles. The first-order valence-corrected chi connectivity index (χ1v) is 15.3. The quantitative estimate of drug-likeness (QED) is 0.202. The van der Waals surface area contributed by atoms with E-state index in [-0.39, 0.29) is 30.3 Å². The van der Waals surface area contributed by atoms with E-state index >= 15 is 0 Å². The standard InChI is InChI=1S/C34H35F2N7O5/c1-34(2,3)48-33(44)42-13-14-46-23(18-42)20-47-29-17-38-32(40-31(29)39-21-9-11-37-12-10-21)30-24-7-5-6-8-28(24)43(41-30)19-25-26(35)15-22(45-4)16-27(25)36/h5-12,15-17,23H,13-14,18-20H2,1-4H3,(H,37,38,39,40). The van der Waals surface area contributed by atoms with Gasteiger partial charge in [-0.15, -0.1) is 0 Å². The molecule has 0 radical (unpaired) electrons. The molecule has 6 rings (SSSR count). The zero-order valence-corrected chi connectivity index (χ0v) is 26.9. The molecule has 250 valence electrons. The lowest BCUT2D eigenvalue weighted by molar-refractivity contribution is -0.0557. The van der Waals surface area contributed by atoms with Gasteiger partial charge >= 0.3 is 6.09 Å². The second-order valence-electron chi connectivity index (χ2n) is 12.1. The number of hydrogen-bond acceptors (Lipinski definition) is 10. The van der Waals surface area contributed by atoms with E-state index in [1.54, 1.807) is 29.4 Å². The van der Waals surface area contributed by atoms with Crippen LogP contribution in [-0.4, -0.2) is 80.8 Å². The molecule has 1 saturated heterocycles. The molecule has 1 aliphatic rings. The van der Waals surface area contributed by atoms with Crippen LogP contribution in [0.3, 0.4) is 0 Å². The van der Waals surface area contributed by atoms with Crippen LogP contribution in [0.25, 0.3) is 22.4 Å². The topological polar surface area (TPSA) is 126 Å². The van der Waals surface area contributed by atoms with Gasteiger partial charge in [0.05, 0.1) is 38.5 Å². The van der Waals surface area contributed by atoms with E-state index in [0.29, 0.717) is 53.5 Å². The molecule has 1 unspecified atom stereocenters. The van der Waals surface area contributed by atoms with Crippen LogP contribution in [0.5, 0.6) is 11.5 Å². The van der Waals surface area contributed by atoms with Gasteiger partial charge in [-0.2, -0.15) is 5.10 Å². The number of hydrogen-bond donors (Lipinski definition) is 1. The fourth-order valence-electron chi connectivity index (χ4n) is 5.16. The summed E-state index contributed by atoms with van der Waals surface area (Å²) >= 11 is 0. The molecule has 3 aromatic heterocycles. The summed E-state index contributed by atoms with van der Waals surface area (Å²) in [5, 5.41) is 8.65. The van der Waals surface area contributed by atoms with E-state index < -0.39 is 29.4 Å². The molecular weight excluding hydrogens is 624 g/mol. The van der Waals surface area contributed by atoms with E-state index in [0.717, 1.165) is 12.1 Å². The minimum Gasteiger partial charge on any atom is -0.497 e. The Labute approximate surface area is 275 Å². The number of nitrogens with zero attached hydrogens (tertiary/aromatic N) is 6. The molecule has 0 spiro atoms. The average molecular weight is 660 g/mol. The number of anilines is 2. The molecule has 12 nitrogen and oxygen atoms in total. The number of methoxy groups -OCH3 is 1. The predicted molar refractivity (Wildman–Crippen MR) is 173 cm³/mol. The Morgan fingerprint density at radius 3 is 2.58 bits per heavy atom. The van der Waals surface area contributed by atoms with Gasteiger partial charge in [-0.25, -0.2) is 23.5 Å². The molecule has 1 amide bonds. The summed E-state index contributed by atoms with van der Waals surface area (Å²) in [6.45, 7) is 6.44. The fraction of sp³-hybridized carbons (Fsp3) is 0.324. The maximum absolute atomic E-state index is 14.9. The van der Waals surface area contributed by atoms with Crippen molar-refractivity contribution >= 4 is 28.5 Å². The zero-order chi connectivity index (χ0) is 33.8. The number of rotatable bonds is 9. The summed E-state index contributed by atoms with van der Waals surface area (Å²) in [5.74, 6) is -0.470. The minimum absolute atomic E-state index is 0.0834. The molecule has 5 aromatic rings. The molecule has 0 bridgehead atoms. The van der Waals surface area contributed by atoms with Crippen LogP contribution in [0.2, 0.25) is 0 Å². The van der Waals surface area contributed by atoms with E-state index in [1.807, 2.05) is 45.0 Å². The number of amides is 1. The lowest BCUT2D eigenvalue weighted by Crippen LogP contribution is -2.49. The van der Waals surface area contributed by atoms with Crippen molar-refractivity contribution in [3.63, 3.8) is 0 Å². The van der Waals surface area contributed by atoms with Gasteiger partial charge in [0, 0.05) is 47.7 Å². The van der Waals surface area contributed by atoms with Crippen LogP contribution in [0.4, 0.5) is 25.1 Å². The summed E-state index contributed by atoms with van der Waals surface area (Å²) in [4.78, 5) is 27.7. The van der Waals surface area contributed by atoms with E-state index in [2.05, 4.69) is 15.3 Å². The Morgan fingerprint density at radius 2 is 1.85 bits per heavy atom. The SMILES string of the molecule is COc1cc(F)c(Cn2nc(-c3ncc(OCC4CN(C(=O)OC(C)(C)C)CCO4)c(Nc4ccncc4)n3)c3ccccc32)c(F)c1. The molecule has 14 heteroatoms. The van der Waals surface area contributed by atoms with Crippen LogP contribution in [0, 0.1) is 11.6 Å². The zero-order valence-electron chi connectivity index (χ0n) is 26.9. The molecule has 1 N–H and O–H groups in total. The van der Waals surface area contributed by atoms with Crippen LogP contribution < -0.4 is 14.8 Å². The number of pyridine rings is 1. The van der Waals surface area contributed by atoms with Gasteiger partial charge in [0.15, 0.2) is 17.4 Å². The van der Waals surface area contributed by atoms with Crippen molar-refractivity contribution in [1.29, 1.82) is 0 Å². The maximum atomic E-state index is 14.9. The Hall–Kier alpha value is -5.37. The highest BCUT2D eigenvalue weighted by Gasteiger charge is 2.29. The van der Waals surface area contributed by atoms with Gasteiger partial charge < -0.3 is 29.2 Å². The van der Waals surface area contributed by atoms with Gasteiger partial charge in [0.1, 0.15) is 41.4 Å². The summed E-state index contributed by atoms with van der Waals surface area (Å²) in [6.07, 6.45) is 3.97. The first-order chi connectivity index (χ1) is 23.1. The number of ether oxygens (including phenoxy) is 4. The molecule has 0 saturated carbocycles. The van der Waals surface area contributed by atoms with Crippen molar-refractivity contribution in [2.75, 3.05) is 38.7 Å². The van der Waals surface area contributed by atoms with Gasteiger partial charge in [0.25, 0.3) is 0 Å². The molecule has 2 aromatic carbocycles. The first kappa shape index (κ1) is 32.6. The van der Waals surface area contributed by atoms with Crippen molar-refractivity contribution in [1.82, 2.24) is 29.6 Å². The van der Waals surface area contributed by atoms with E-state index in [1.165, 1.54) is 18.0 Å². The van der Waals surface area contributed by atoms with Gasteiger partial charge in [-0.3, -0.25) is 9.67 Å². The number of halogens is 2. The average Bonchev–Trinajstić information content (AvgIpc) is 3.44. The van der Waals surface area contributed by atoms with Gasteiger partial charge in [-0.1, -0.05) is 18.2 Å². The Kier molecular flexibility index (Phi) is 9.35. The first-order valence-electron chi connectivity index (χ1n) is 15.3. The largest absolute Gasteiger partial charge is 0.497 e. The molecule has 1 fully saturated rings. The van der Waals surface area contributed by atoms with Gasteiger partial charge in [-0.05, 0) is 39.0 Å². The Balaban J connectivity index is 1.29. The van der Waals surface area contributed by atoms with E-state index in [4.69, 9.17) is 29.0 Å².